The van der Waals surface area contributed by atoms with Crippen LogP contribution >= 0.6 is 24.0 Å². The van der Waals surface area contributed by atoms with Crippen LogP contribution in [0.25, 0.3) is 6.08 Å². The standard InChI is InChI=1S/C17H13NO4S3/c1-11-3-2-4-13(9-11)18-16(19)15(24-17(18)23)10-12-5-7-14(8-6-12)25(20,21)22/h2-10H,1H3,(H,20,21,22)/b15-10-. The van der Waals surface area contributed by atoms with Crippen LogP contribution in [0.15, 0.2) is 58.3 Å². The van der Waals surface area contributed by atoms with E-state index >= 15 is 0 Å². The van der Waals surface area contributed by atoms with Gasteiger partial charge in [-0.1, -0.05) is 48.2 Å². The molecule has 2 aromatic carbocycles. The van der Waals surface area contributed by atoms with Crippen LogP contribution in [0.2, 0.25) is 0 Å². The van der Waals surface area contributed by atoms with Crippen molar-refractivity contribution in [1.82, 2.24) is 0 Å². The van der Waals surface area contributed by atoms with E-state index < -0.39 is 10.1 Å². The Bertz CT molecular complexity index is 995. The van der Waals surface area contributed by atoms with Gasteiger partial charge in [-0.3, -0.25) is 14.2 Å². The molecule has 0 spiro atoms. The van der Waals surface area contributed by atoms with Crippen LogP contribution in [0.4, 0.5) is 5.69 Å². The molecule has 0 radical (unpaired) electrons. The highest BCUT2D eigenvalue weighted by molar-refractivity contribution is 8.27. The molecule has 1 fully saturated rings. The van der Waals surface area contributed by atoms with E-state index in [9.17, 15) is 13.2 Å². The van der Waals surface area contributed by atoms with Crippen molar-refractivity contribution in [2.24, 2.45) is 0 Å². The molecule has 1 amide bonds. The monoisotopic (exact) mass is 391 g/mol. The summed E-state index contributed by atoms with van der Waals surface area (Å²) in [6.07, 6.45) is 1.64. The zero-order chi connectivity index (χ0) is 18.2. The molecule has 0 aromatic heterocycles. The van der Waals surface area contributed by atoms with Crippen LogP contribution in [-0.2, 0) is 14.9 Å². The van der Waals surface area contributed by atoms with E-state index in [0.717, 1.165) is 5.56 Å². The van der Waals surface area contributed by atoms with Gasteiger partial charge in [0.2, 0.25) is 0 Å². The van der Waals surface area contributed by atoms with Gasteiger partial charge in [0.25, 0.3) is 16.0 Å². The average Bonchev–Trinajstić information content (AvgIpc) is 2.81. The van der Waals surface area contributed by atoms with E-state index in [1.807, 2.05) is 31.2 Å². The maximum Gasteiger partial charge on any atom is 0.294 e. The molecule has 0 saturated carbocycles. The Morgan fingerprint density at radius 3 is 2.44 bits per heavy atom. The summed E-state index contributed by atoms with van der Waals surface area (Å²) in [6, 6.07) is 13.1. The van der Waals surface area contributed by atoms with Gasteiger partial charge in [0, 0.05) is 0 Å². The van der Waals surface area contributed by atoms with Crippen molar-refractivity contribution in [2.45, 2.75) is 11.8 Å². The highest BCUT2D eigenvalue weighted by atomic mass is 32.2. The maximum atomic E-state index is 12.7. The summed E-state index contributed by atoms with van der Waals surface area (Å²) < 4.78 is 31.6. The molecule has 1 aliphatic heterocycles. The van der Waals surface area contributed by atoms with Crippen molar-refractivity contribution < 1.29 is 17.8 Å². The number of hydrogen-bond donors (Lipinski definition) is 1. The summed E-state index contributed by atoms with van der Waals surface area (Å²) in [5.74, 6) is -0.223. The topological polar surface area (TPSA) is 74.7 Å². The molecule has 25 heavy (non-hydrogen) atoms. The number of thioether (sulfide) groups is 1. The molecule has 5 nitrogen and oxygen atoms in total. The summed E-state index contributed by atoms with van der Waals surface area (Å²) >= 11 is 6.51. The van der Waals surface area contributed by atoms with Crippen molar-refractivity contribution in [3.8, 4) is 0 Å². The number of nitrogens with zero attached hydrogens (tertiary/aromatic N) is 1. The first-order valence-electron chi connectivity index (χ1n) is 7.18. The van der Waals surface area contributed by atoms with E-state index in [1.165, 1.54) is 40.9 Å². The summed E-state index contributed by atoms with van der Waals surface area (Å²) in [6.45, 7) is 1.94. The molecule has 8 heteroatoms. The predicted octanol–water partition coefficient (Wildman–Crippen LogP) is 3.65. The molecule has 0 bridgehead atoms. The summed E-state index contributed by atoms with van der Waals surface area (Å²) in [5, 5.41) is 0. The number of rotatable bonds is 3. The van der Waals surface area contributed by atoms with Gasteiger partial charge in [0.05, 0.1) is 15.5 Å². The summed E-state index contributed by atoms with van der Waals surface area (Å²) in [7, 11) is -4.24. The molecule has 0 atom stereocenters. The van der Waals surface area contributed by atoms with Crippen molar-refractivity contribution in [3.05, 3.63) is 64.6 Å². The fraction of sp³-hybridized carbons (Fsp3) is 0.0588. The first-order chi connectivity index (χ1) is 11.8. The zero-order valence-electron chi connectivity index (χ0n) is 13.0. The minimum absolute atomic E-state index is 0.197. The summed E-state index contributed by atoms with van der Waals surface area (Å²) in [4.78, 5) is 14.4. The maximum absolute atomic E-state index is 12.7. The average molecular weight is 391 g/mol. The Balaban J connectivity index is 1.90. The molecule has 1 saturated heterocycles. The number of amides is 1. The number of carbonyl (C=O) groups is 1. The van der Waals surface area contributed by atoms with Crippen molar-refractivity contribution in [1.29, 1.82) is 0 Å². The molecule has 0 aliphatic carbocycles. The van der Waals surface area contributed by atoms with Crippen molar-refractivity contribution in [2.75, 3.05) is 4.90 Å². The second kappa shape index (κ2) is 6.72. The molecule has 128 valence electrons. The van der Waals surface area contributed by atoms with Crippen molar-refractivity contribution in [3.63, 3.8) is 0 Å². The first-order valence-corrected chi connectivity index (χ1v) is 9.84. The third-order valence-corrected chi connectivity index (χ3v) is 5.70. The molecule has 1 heterocycles. The molecule has 2 aromatic rings. The lowest BCUT2D eigenvalue weighted by Gasteiger charge is -2.14. The highest BCUT2D eigenvalue weighted by Crippen LogP contribution is 2.36. The molecular weight excluding hydrogens is 378 g/mol. The largest absolute Gasteiger partial charge is 0.294 e. The van der Waals surface area contributed by atoms with Gasteiger partial charge in [-0.05, 0) is 48.4 Å². The van der Waals surface area contributed by atoms with Gasteiger partial charge in [-0.2, -0.15) is 8.42 Å². The summed E-state index contributed by atoms with van der Waals surface area (Å²) in [5.41, 5.74) is 2.38. The number of anilines is 1. The normalized spacial score (nSPS) is 16.7. The SMILES string of the molecule is Cc1cccc(N2C(=O)/C(=C/c3ccc(S(=O)(=O)O)cc3)SC2=S)c1. The Labute approximate surface area is 155 Å². The van der Waals surface area contributed by atoms with Crippen LogP contribution in [-0.4, -0.2) is 23.2 Å². The second-order valence-electron chi connectivity index (χ2n) is 5.40. The van der Waals surface area contributed by atoms with Crippen LogP contribution < -0.4 is 4.90 Å². The Kier molecular flexibility index (Phi) is 4.79. The lowest BCUT2D eigenvalue weighted by molar-refractivity contribution is -0.113. The van der Waals surface area contributed by atoms with E-state index in [1.54, 1.807) is 6.08 Å². The van der Waals surface area contributed by atoms with Gasteiger partial charge < -0.3 is 0 Å². The van der Waals surface area contributed by atoms with Crippen LogP contribution in [0.1, 0.15) is 11.1 Å². The molecule has 3 rings (SSSR count). The van der Waals surface area contributed by atoms with E-state index in [-0.39, 0.29) is 10.8 Å². The number of benzene rings is 2. The number of aryl methyl sites for hydroxylation is 1. The Morgan fingerprint density at radius 2 is 1.84 bits per heavy atom. The highest BCUT2D eigenvalue weighted by Gasteiger charge is 2.33. The Morgan fingerprint density at radius 1 is 1.16 bits per heavy atom. The van der Waals surface area contributed by atoms with Gasteiger partial charge in [0.15, 0.2) is 4.32 Å². The third kappa shape index (κ3) is 3.82. The van der Waals surface area contributed by atoms with Crippen LogP contribution in [0.5, 0.6) is 0 Å². The third-order valence-electron chi connectivity index (χ3n) is 3.53. The number of hydrogen-bond acceptors (Lipinski definition) is 5. The van der Waals surface area contributed by atoms with Crippen molar-refractivity contribution >= 4 is 56.1 Å². The lowest BCUT2D eigenvalue weighted by Crippen LogP contribution is -2.27. The van der Waals surface area contributed by atoms with Crippen LogP contribution in [0.3, 0.4) is 0 Å². The Hall–Kier alpha value is -2.00. The van der Waals surface area contributed by atoms with Gasteiger partial charge in [-0.15, -0.1) is 0 Å². The number of thiocarbonyl (C=S) groups is 1. The number of carbonyl (C=O) groups excluding carboxylic acids is 1. The molecule has 0 unspecified atom stereocenters. The second-order valence-corrected chi connectivity index (χ2v) is 8.50. The minimum Gasteiger partial charge on any atom is -0.282 e. The van der Waals surface area contributed by atoms with E-state index in [2.05, 4.69) is 0 Å². The van der Waals surface area contributed by atoms with E-state index in [4.69, 9.17) is 16.8 Å². The fourth-order valence-corrected chi connectivity index (χ4v) is 4.12. The lowest BCUT2D eigenvalue weighted by atomic mass is 10.2. The minimum atomic E-state index is -4.24. The first kappa shape index (κ1) is 17.8. The fourth-order valence-electron chi connectivity index (χ4n) is 2.34. The van der Waals surface area contributed by atoms with Gasteiger partial charge in [-0.25, -0.2) is 0 Å². The van der Waals surface area contributed by atoms with Gasteiger partial charge >= 0.3 is 0 Å². The molecular formula is C17H13NO4S3. The van der Waals surface area contributed by atoms with Crippen LogP contribution in [0, 0.1) is 6.92 Å². The van der Waals surface area contributed by atoms with E-state index in [0.29, 0.717) is 20.5 Å². The zero-order valence-corrected chi connectivity index (χ0v) is 15.5. The predicted molar refractivity (Wildman–Crippen MR) is 103 cm³/mol. The quantitative estimate of drug-likeness (QED) is 0.489. The smallest absolute Gasteiger partial charge is 0.282 e. The molecule has 1 N–H and O–H groups in total. The van der Waals surface area contributed by atoms with Gasteiger partial charge in [0.1, 0.15) is 0 Å². The molecule has 1 aliphatic rings.